The summed E-state index contributed by atoms with van der Waals surface area (Å²) in [5.74, 6) is 1.49. The number of halogens is 1. The summed E-state index contributed by atoms with van der Waals surface area (Å²) in [6.45, 7) is 0.828. The van der Waals surface area contributed by atoms with Gasteiger partial charge in [-0.2, -0.15) is 0 Å². The highest BCUT2D eigenvalue weighted by Crippen LogP contribution is 2.25. The number of ether oxygens (including phenoxy) is 1. The van der Waals surface area contributed by atoms with Crippen LogP contribution in [-0.2, 0) is 0 Å². The van der Waals surface area contributed by atoms with Gasteiger partial charge in [0.05, 0.1) is 6.61 Å². The van der Waals surface area contributed by atoms with E-state index >= 15 is 0 Å². The first-order valence-electron chi connectivity index (χ1n) is 5.09. The van der Waals surface area contributed by atoms with Crippen molar-refractivity contribution >= 4 is 15.9 Å². The molecule has 1 aliphatic rings. The lowest BCUT2D eigenvalue weighted by Gasteiger charge is -2.09. The first-order valence-corrected chi connectivity index (χ1v) is 5.88. The fraction of sp³-hybridized carbons (Fsp3) is 0.545. The monoisotopic (exact) mass is 255 g/mol. The second-order valence-corrected chi connectivity index (χ2v) is 4.69. The SMILES string of the molecule is Brc1ccc(OCC2CCCC2)nc1. The summed E-state index contributed by atoms with van der Waals surface area (Å²) >= 11 is 3.34. The highest BCUT2D eigenvalue weighted by atomic mass is 79.9. The summed E-state index contributed by atoms with van der Waals surface area (Å²) in [6.07, 6.45) is 7.13. The van der Waals surface area contributed by atoms with Crippen molar-refractivity contribution in [3.05, 3.63) is 22.8 Å². The Bertz CT molecular complexity index is 280. The molecule has 0 radical (unpaired) electrons. The van der Waals surface area contributed by atoms with E-state index < -0.39 is 0 Å². The molecule has 2 nitrogen and oxygen atoms in total. The second-order valence-electron chi connectivity index (χ2n) is 3.78. The molecule has 1 fully saturated rings. The molecule has 0 atom stereocenters. The predicted molar refractivity (Wildman–Crippen MR) is 59.4 cm³/mol. The van der Waals surface area contributed by atoms with Gasteiger partial charge in [-0.25, -0.2) is 4.98 Å². The van der Waals surface area contributed by atoms with E-state index in [-0.39, 0.29) is 0 Å². The summed E-state index contributed by atoms with van der Waals surface area (Å²) in [7, 11) is 0. The fourth-order valence-corrected chi connectivity index (χ4v) is 2.06. The van der Waals surface area contributed by atoms with E-state index in [4.69, 9.17) is 4.74 Å². The van der Waals surface area contributed by atoms with Crippen LogP contribution in [0.15, 0.2) is 22.8 Å². The minimum absolute atomic E-state index is 0.736. The zero-order valence-electron chi connectivity index (χ0n) is 8.08. The third-order valence-corrected chi connectivity index (χ3v) is 3.11. The van der Waals surface area contributed by atoms with Gasteiger partial charge in [-0.3, -0.25) is 0 Å². The normalized spacial score (nSPS) is 17.2. The molecule has 76 valence electrons. The average molecular weight is 256 g/mol. The summed E-state index contributed by atoms with van der Waals surface area (Å²) in [4.78, 5) is 4.17. The summed E-state index contributed by atoms with van der Waals surface area (Å²) in [6, 6.07) is 3.86. The van der Waals surface area contributed by atoms with E-state index in [1.165, 1.54) is 25.7 Å². The Hall–Kier alpha value is -0.570. The van der Waals surface area contributed by atoms with Crippen LogP contribution in [0, 0.1) is 5.92 Å². The van der Waals surface area contributed by atoms with Crippen molar-refractivity contribution in [1.29, 1.82) is 0 Å². The Kier molecular flexibility index (Phi) is 3.40. The molecule has 14 heavy (non-hydrogen) atoms. The highest BCUT2D eigenvalue weighted by Gasteiger charge is 2.15. The molecule has 0 bridgehead atoms. The average Bonchev–Trinajstić information content (AvgIpc) is 2.70. The molecule has 0 spiro atoms. The van der Waals surface area contributed by atoms with Crippen molar-refractivity contribution in [2.45, 2.75) is 25.7 Å². The van der Waals surface area contributed by atoms with Gasteiger partial charge in [0, 0.05) is 16.7 Å². The van der Waals surface area contributed by atoms with Gasteiger partial charge in [0.25, 0.3) is 0 Å². The first kappa shape index (κ1) is 9.97. The van der Waals surface area contributed by atoms with Crippen LogP contribution in [0.2, 0.25) is 0 Å². The summed E-state index contributed by atoms with van der Waals surface area (Å²) in [5.41, 5.74) is 0. The number of pyridine rings is 1. The largest absolute Gasteiger partial charge is 0.477 e. The maximum absolute atomic E-state index is 5.61. The molecule has 3 heteroatoms. The molecular weight excluding hydrogens is 242 g/mol. The van der Waals surface area contributed by atoms with Gasteiger partial charge in [-0.1, -0.05) is 12.8 Å². The molecule has 1 heterocycles. The van der Waals surface area contributed by atoms with Crippen LogP contribution in [0.3, 0.4) is 0 Å². The maximum atomic E-state index is 5.61. The molecule has 2 rings (SSSR count). The molecular formula is C11H14BrNO. The van der Waals surface area contributed by atoms with Gasteiger partial charge in [-0.05, 0) is 40.8 Å². The minimum Gasteiger partial charge on any atom is -0.477 e. The third-order valence-electron chi connectivity index (χ3n) is 2.64. The van der Waals surface area contributed by atoms with E-state index in [2.05, 4.69) is 20.9 Å². The minimum atomic E-state index is 0.736. The van der Waals surface area contributed by atoms with Crippen molar-refractivity contribution in [2.24, 2.45) is 5.92 Å². The van der Waals surface area contributed by atoms with E-state index in [9.17, 15) is 0 Å². The molecule has 1 saturated carbocycles. The molecule has 1 aromatic heterocycles. The van der Waals surface area contributed by atoms with Gasteiger partial charge >= 0.3 is 0 Å². The van der Waals surface area contributed by atoms with Crippen LogP contribution < -0.4 is 4.74 Å². The Labute approximate surface area is 92.8 Å². The van der Waals surface area contributed by atoms with Crippen molar-refractivity contribution in [1.82, 2.24) is 4.98 Å². The van der Waals surface area contributed by atoms with Gasteiger partial charge in [0.1, 0.15) is 0 Å². The number of aromatic nitrogens is 1. The fourth-order valence-electron chi connectivity index (χ4n) is 1.83. The van der Waals surface area contributed by atoms with Crippen molar-refractivity contribution in [2.75, 3.05) is 6.61 Å². The van der Waals surface area contributed by atoms with Crippen molar-refractivity contribution in [3.8, 4) is 5.88 Å². The van der Waals surface area contributed by atoms with Crippen molar-refractivity contribution in [3.63, 3.8) is 0 Å². The Morgan fingerprint density at radius 2 is 2.14 bits per heavy atom. The van der Waals surface area contributed by atoms with Crippen LogP contribution in [-0.4, -0.2) is 11.6 Å². The molecule has 1 aromatic rings. The number of rotatable bonds is 3. The lowest BCUT2D eigenvalue weighted by Crippen LogP contribution is -2.08. The molecule has 0 aliphatic heterocycles. The number of hydrogen-bond acceptors (Lipinski definition) is 2. The highest BCUT2D eigenvalue weighted by molar-refractivity contribution is 9.10. The lowest BCUT2D eigenvalue weighted by atomic mass is 10.1. The van der Waals surface area contributed by atoms with Crippen LogP contribution in [0.25, 0.3) is 0 Å². The maximum Gasteiger partial charge on any atom is 0.213 e. The second kappa shape index (κ2) is 4.78. The van der Waals surface area contributed by atoms with Crippen molar-refractivity contribution < 1.29 is 4.74 Å². The van der Waals surface area contributed by atoms with Gasteiger partial charge in [0.15, 0.2) is 0 Å². The van der Waals surface area contributed by atoms with Crippen LogP contribution in [0.1, 0.15) is 25.7 Å². The summed E-state index contributed by atoms with van der Waals surface area (Å²) < 4.78 is 6.60. The summed E-state index contributed by atoms with van der Waals surface area (Å²) in [5, 5.41) is 0. The molecule has 1 aliphatic carbocycles. The van der Waals surface area contributed by atoms with E-state index in [1.807, 2.05) is 12.1 Å². The van der Waals surface area contributed by atoms with E-state index in [1.54, 1.807) is 6.20 Å². The molecule has 0 saturated heterocycles. The van der Waals surface area contributed by atoms with Crippen LogP contribution in [0.5, 0.6) is 5.88 Å². The van der Waals surface area contributed by atoms with Crippen LogP contribution >= 0.6 is 15.9 Å². The molecule has 0 amide bonds. The molecule has 0 aromatic carbocycles. The quantitative estimate of drug-likeness (QED) is 0.826. The zero-order chi connectivity index (χ0) is 9.80. The van der Waals surface area contributed by atoms with Gasteiger partial charge in [-0.15, -0.1) is 0 Å². The Balaban J connectivity index is 1.82. The van der Waals surface area contributed by atoms with Crippen LogP contribution in [0.4, 0.5) is 0 Å². The van der Waals surface area contributed by atoms with E-state index in [0.717, 1.165) is 22.9 Å². The Morgan fingerprint density at radius 1 is 1.36 bits per heavy atom. The number of hydrogen-bond donors (Lipinski definition) is 0. The Morgan fingerprint density at radius 3 is 2.79 bits per heavy atom. The first-order chi connectivity index (χ1) is 6.84. The van der Waals surface area contributed by atoms with Gasteiger partial charge < -0.3 is 4.74 Å². The smallest absolute Gasteiger partial charge is 0.213 e. The van der Waals surface area contributed by atoms with Gasteiger partial charge in [0.2, 0.25) is 5.88 Å². The molecule has 0 unspecified atom stereocenters. The number of nitrogens with zero attached hydrogens (tertiary/aromatic N) is 1. The standard InChI is InChI=1S/C11H14BrNO/c12-10-5-6-11(13-7-10)14-8-9-3-1-2-4-9/h5-7,9H,1-4,8H2. The van der Waals surface area contributed by atoms with E-state index in [0.29, 0.717) is 0 Å². The topological polar surface area (TPSA) is 22.1 Å². The predicted octanol–water partition coefficient (Wildman–Crippen LogP) is 3.41. The third kappa shape index (κ3) is 2.71. The lowest BCUT2D eigenvalue weighted by molar-refractivity contribution is 0.243. The zero-order valence-corrected chi connectivity index (χ0v) is 9.66. The molecule has 0 N–H and O–H groups in total.